The first kappa shape index (κ1) is 21.0. The van der Waals surface area contributed by atoms with Crippen LogP contribution in [0.5, 0.6) is 0 Å². The fourth-order valence-electron chi connectivity index (χ4n) is 2.38. The van der Waals surface area contributed by atoms with Gasteiger partial charge >= 0.3 is 12.1 Å². The standard InChI is InChI=1S/C19H27NO4S2/c1-19(2,3)24-18(22)20-15(12-14-8-5-4-6-9-14)17(21)23-13-16-25-10-7-11-26-16/h4-6,8-9,15-16H,7,10-13H2,1-3H3,(H,20,22)/t15-/m0/s1. The van der Waals surface area contributed by atoms with Crippen LogP contribution >= 0.6 is 23.5 Å². The third-order valence-electron chi connectivity index (χ3n) is 3.52. The molecule has 0 saturated carbocycles. The lowest BCUT2D eigenvalue weighted by Crippen LogP contribution is -2.45. The molecule has 26 heavy (non-hydrogen) atoms. The Morgan fingerprint density at radius 1 is 1.19 bits per heavy atom. The van der Waals surface area contributed by atoms with Crippen molar-refractivity contribution in [2.45, 2.75) is 49.8 Å². The normalized spacial score (nSPS) is 16.6. The molecule has 0 radical (unpaired) electrons. The second kappa shape index (κ2) is 10.1. The summed E-state index contributed by atoms with van der Waals surface area (Å²) in [5.41, 5.74) is 0.327. The first-order valence-corrected chi connectivity index (χ1v) is 10.9. The van der Waals surface area contributed by atoms with Crippen molar-refractivity contribution in [3.63, 3.8) is 0 Å². The zero-order valence-electron chi connectivity index (χ0n) is 15.5. The molecule has 0 spiro atoms. The molecule has 1 aromatic carbocycles. The molecule has 5 nitrogen and oxygen atoms in total. The number of hydrogen-bond donors (Lipinski definition) is 1. The van der Waals surface area contributed by atoms with Gasteiger partial charge in [-0.25, -0.2) is 9.59 Å². The molecule has 1 saturated heterocycles. The summed E-state index contributed by atoms with van der Waals surface area (Å²) < 4.78 is 11.1. The third kappa shape index (κ3) is 7.91. The van der Waals surface area contributed by atoms with Crippen molar-refractivity contribution < 1.29 is 19.1 Å². The van der Waals surface area contributed by atoms with Crippen LogP contribution in [0.3, 0.4) is 0 Å². The minimum Gasteiger partial charge on any atom is -0.462 e. The van der Waals surface area contributed by atoms with E-state index in [0.29, 0.717) is 13.0 Å². The van der Waals surface area contributed by atoms with Crippen LogP contribution in [-0.4, -0.2) is 46.4 Å². The van der Waals surface area contributed by atoms with Crippen LogP contribution in [0, 0.1) is 0 Å². The van der Waals surface area contributed by atoms with Crippen molar-refractivity contribution in [2.75, 3.05) is 18.1 Å². The summed E-state index contributed by atoms with van der Waals surface area (Å²) in [4.78, 5) is 24.7. The molecule has 144 valence electrons. The lowest BCUT2D eigenvalue weighted by atomic mass is 10.1. The molecule has 0 unspecified atom stereocenters. The van der Waals surface area contributed by atoms with Gasteiger partial charge in [0.25, 0.3) is 0 Å². The highest BCUT2D eigenvalue weighted by molar-refractivity contribution is 8.17. The minimum absolute atomic E-state index is 0.270. The van der Waals surface area contributed by atoms with Crippen molar-refractivity contribution in [2.24, 2.45) is 0 Å². The molecule has 0 aliphatic carbocycles. The molecule has 2 rings (SSSR count). The Kier molecular flexibility index (Phi) is 8.15. The Labute approximate surface area is 164 Å². The van der Waals surface area contributed by atoms with Crippen LogP contribution in [0.4, 0.5) is 4.79 Å². The molecule has 1 amide bonds. The molecule has 0 aromatic heterocycles. The molecule has 1 aliphatic rings. The average Bonchev–Trinajstić information content (AvgIpc) is 2.59. The smallest absolute Gasteiger partial charge is 0.408 e. The Hall–Kier alpha value is -1.34. The largest absolute Gasteiger partial charge is 0.462 e. The summed E-state index contributed by atoms with van der Waals surface area (Å²) in [7, 11) is 0. The monoisotopic (exact) mass is 397 g/mol. The third-order valence-corrected chi connectivity index (χ3v) is 6.40. The van der Waals surface area contributed by atoms with Crippen LogP contribution in [-0.2, 0) is 20.7 Å². The number of benzene rings is 1. The predicted molar refractivity (Wildman–Crippen MR) is 108 cm³/mol. The number of amides is 1. The minimum atomic E-state index is -0.772. The summed E-state index contributed by atoms with van der Waals surface area (Å²) in [5.74, 6) is 1.77. The van der Waals surface area contributed by atoms with E-state index >= 15 is 0 Å². The van der Waals surface area contributed by atoms with Gasteiger partial charge in [0.05, 0.1) is 4.58 Å². The summed E-state index contributed by atoms with van der Waals surface area (Å²) in [5, 5.41) is 2.66. The molecular weight excluding hydrogens is 370 g/mol. The van der Waals surface area contributed by atoms with Crippen molar-refractivity contribution >= 4 is 35.6 Å². The number of carbonyl (C=O) groups is 2. The van der Waals surface area contributed by atoms with E-state index in [1.54, 1.807) is 20.8 Å². The van der Waals surface area contributed by atoms with Gasteiger partial charge in [-0.05, 0) is 44.3 Å². The second-order valence-electron chi connectivity index (χ2n) is 7.04. The van der Waals surface area contributed by atoms with E-state index in [1.165, 1.54) is 6.42 Å². The van der Waals surface area contributed by atoms with Crippen LogP contribution in [0.15, 0.2) is 30.3 Å². The molecule has 1 aromatic rings. The zero-order valence-corrected chi connectivity index (χ0v) is 17.2. The van der Waals surface area contributed by atoms with Crippen LogP contribution < -0.4 is 5.32 Å². The van der Waals surface area contributed by atoms with E-state index in [1.807, 2.05) is 53.9 Å². The van der Waals surface area contributed by atoms with Gasteiger partial charge in [0.2, 0.25) is 0 Å². The maximum absolute atomic E-state index is 12.6. The zero-order chi connectivity index (χ0) is 19.0. The van der Waals surface area contributed by atoms with E-state index in [-0.39, 0.29) is 4.58 Å². The Morgan fingerprint density at radius 2 is 1.85 bits per heavy atom. The number of esters is 1. The van der Waals surface area contributed by atoms with Crippen LogP contribution in [0.25, 0.3) is 0 Å². The molecule has 7 heteroatoms. The highest BCUT2D eigenvalue weighted by atomic mass is 32.2. The van der Waals surface area contributed by atoms with Gasteiger partial charge in [-0.3, -0.25) is 0 Å². The lowest BCUT2D eigenvalue weighted by Gasteiger charge is -2.24. The van der Waals surface area contributed by atoms with E-state index in [0.717, 1.165) is 17.1 Å². The van der Waals surface area contributed by atoms with Crippen molar-refractivity contribution in [1.29, 1.82) is 0 Å². The average molecular weight is 398 g/mol. The molecular formula is C19H27NO4S2. The second-order valence-corrected chi connectivity index (χ2v) is 9.96. The number of rotatable bonds is 6. The fourth-order valence-corrected chi connectivity index (χ4v) is 5.00. The number of ether oxygens (including phenoxy) is 2. The molecule has 1 aliphatic heterocycles. The van der Waals surface area contributed by atoms with Gasteiger partial charge in [0.15, 0.2) is 0 Å². The van der Waals surface area contributed by atoms with Gasteiger partial charge in [-0.15, -0.1) is 23.5 Å². The molecule has 1 fully saturated rings. The number of nitrogens with one attached hydrogen (secondary N) is 1. The lowest BCUT2D eigenvalue weighted by molar-refractivity contribution is -0.145. The van der Waals surface area contributed by atoms with E-state index in [2.05, 4.69) is 5.32 Å². The predicted octanol–water partition coefficient (Wildman–Crippen LogP) is 3.86. The fraction of sp³-hybridized carbons (Fsp3) is 0.579. The van der Waals surface area contributed by atoms with Gasteiger partial charge < -0.3 is 14.8 Å². The van der Waals surface area contributed by atoms with Crippen molar-refractivity contribution in [3.8, 4) is 0 Å². The molecule has 0 bridgehead atoms. The Morgan fingerprint density at radius 3 is 2.46 bits per heavy atom. The van der Waals surface area contributed by atoms with Crippen LogP contribution in [0.1, 0.15) is 32.8 Å². The van der Waals surface area contributed by atoms with Gasteiger partial charge in [0, 0.05) is 6.42 Å². The Balaban J connectivity index is 1.96. The maximum Gasteiger partial charge on any atom is 0.408 e. The van der Waals surface area contributed by atoms with E-state index in [4.69, 9.17) is 9.47 Å². The molecule has 1 N–H and O–H groups in total. The number of thioether (sulfide) groups is 2. The molecule has 1 heterocycles. The number of carbonyl (C=O) groups excluding carboxylic acids is 2. The molecule has 1 atom stereocenters. The van der Waals surface area contributed by atoms with Gasteiger partial charge in [-0.1, -0.05) is 30.3 Å². The first-order valence-electron chi connectivity index (χ1n) is 8.77. The van der Waals surface area contributed by atoms with E-state index in [9.17, 15) is 9.59 Å². The summed E-state index contributed by atoms with van der Waals surface area (Å²) in [6.45, 7) is 5.72. The topological polar surface area (TPSA) is 64.6 Å². The quantitative estimate of drug-likeness (QED) is 0.736. The Bertz CT molecular complexity index is 583. The van der Waals surface area contributed by atoms with Crippen molar-refractivity contribution in [3.05, 3.63) is 35.9 Å². The van der Waals surface area contributed by atoms with E-state index < -0.39 is 23.7 Å². The first-order chi connectivity index (χ1) is 12.3. The summed E-state index contributed by atoms with van der Waals surface area (Å²) in [6, 6.07) is 8.79. The van der Waals surface area contributed by atoms with Crippen molar-refractivity contribution in [1.82, 2.24) is 5.32 Å². The number of hydrogen-bond acceptors (Lipinski definition) is 6. The van der Waals surface area contributed by atoms with Gasteiger partial charge in [-0.2, -0.15) is 0 Å². The summed E-state index contributed by atoms with van der Waals surface area (Å²) in [6.07, 6.45) is 0.942. The highest BCUT2D eigenvalue weighted by Gasteiger charge is 2.27. The van der Waals surface area contributed by atoms with Gasteiger partial charge in [0.1, 0.15) is 18.2 Å². The highest BCUT2D eigenvalue weighted by Crippen LogP contribution is 2.30. The summed E-state index contributed by atoms with van der Waals surface area (Å²) >= 11 is 3.63. The number of alkyl carbamates (subject to hydrolysis) is 1. The SMILES string of the molecule is CC(C)(C)OC(=O)N[C@@H](Cc1ccccc1)C(=O)OCC1SCCCS1. The van der Waals surface area contributed by atoms with Crippen LogP contribution in [0.2, 0.25) is 0 Å². The maximum atomic E-state index is 12.6.